The summed E-state index contributed by atoms with van der Waals surface area (Å²) in [6.45, 7) is 10.5. The SMILES string of the molecule is C=CCOC(=O)N1C(O)CC[C@H]1CC#CC[Si](C)(C)C. The molecule has 0 spiro atoms. The largest absolute Gasteiger partial charge is 0.445 e. The standard InChI is InChI=1S/C15H25NO3Si/c1-5-11-19-15(18)16-13(9-10-14(16)17)8-6-7-12-20(2,3)4/h5,13-14,17H,1,8-12H2,2-4H3/t13-,14?/m1/s1. The normalized spacial score (nSPS) is 22.1. The molecule has 1 unspecified atom stereocenters. The number of rotatable bonds is 4. The molecule has 4 nitrogen and oxygen atoms in total. The van der Waals surface area contributed by atoms with Crippen LogP contribution >= 0.6 is 0 Å². The molecule has 112 valence electrons. The van der Waals surface area contributed by atoms with Crippen molar-refractivity contribution in [1.29, 1.82) is 0 Å². The van der Waals surface area contributed by atoms with E-state index in [2.05, 4.69) is 38.1 Å². The van der Waals surface area contributed by atoms with Crippen molar-refractivity contribution < 1.29 is 14.6 Å². The highest BCUT2D eigenvalue weighted by Gasteiger charge is 2.36. The first-order valence-electron chi connectivity index (χ1n) is 7.05. The molecule has 1 amide bonds. The smallest absolute Gasteiger partial charge is 0.412 e. The zero-order chi connectivity index (χ0) is 15.2. The summed E-state index contributed by atoms with van der Waals surface area (Å²) in [6, 6.07) is 0.917. The third-order valence-electron chi connectivity index (χ3n) is 3.09. The zero-order valence-corrected chi connectivity index (χ0v) is 13.7. The second-order valence-electron chi connectivity index (χ2n) is 6.28. The van der Waals surface area contributed by atoms with E-state index in [4.69, 9.17) is 4.74 Å². The summed E-state index contributed by atoms with van der Waals surface area (Å²) in [5.74, 6) is 6.35. The summed E-state index contributed by atoms with van der Waals surface area (Å²) in [5, 5.41) is 9.87. The topological polar surface area (TPSA) is 49.8 Å². The summed E-state index contributed by atoms with van der Waals surface area (Å²) < 4.78 is 5.00. The molecule has 20 heavy (non-hydrogen) atoms. The van der Waals surface area contributed by atoms with Gasteiger partial charge in [0.05, 0.1) is 8.07 Å². The highest BCUT2D eigenvalue weighted by Crippen LogP contribution is 2.25. The zero-order valence-electron chi connectivity index (χ0n) is 12.7. The van der Waals surface area contributed by atoms with Crippen LogP contribution in [0.5, 0.6) is 0 Å². The van der Waals surface area contributed by atoms with Crippen LogP contribution in [-0.2, 0) is 4.74 Å². The lowest BCUT2D eigenvalue weighted by Crippen LogP contribution is -2.41. The Bertz CT molecular complexity index is 406. The molecule has 1 aliphatic heterocycles. The van der Waals surface area contributed by atoms with Gasteiger partial charge in [0, 0.05) is 18.5 Å². The second kappa shape index (κ2) is 7.51. The van der Waals surface area contributed by atoms with Crippen molar-refractivity contribution in [2.75, 3.05) is 6.61 Å². The minimum absolute atomic E-state index is 0.0450. The van der Waals surface area contributed by atoms with Crippen LogP contribution < -0.4 is 0 Å². The maximum absolute atomic E-state index is 11.9. The molecule has 0 aromatic rings. The Morgan fingerprint density at radius 1 is 1.45 bits per heavy atom. The van der Waals surface area contributed by atoms with Gasteiger partial charge in [0.25, 0.3) is 0 Å². The van der Waals surface area contributed by atoms with Gasteiger partial charge in [-0.25, -0.2) is 4.79 Å². The van der Waals surface area contributed by atoms with Gasteiger partial charge in [-0.15, -0.1) is 11.8 Å². The highest BCUT2D eigenvalue weighted by atomic mass is 28.3. The number of hydrogen-bond acceptors (Lipinski definition) is 3. The van der Waals surface area contributed by atoms with E-state index in [1.54, 1.807) is 0 Å². The molecule has 1 N–H and O–H groups in total. The first-order chi connectivity index (χ1) is 9.35. The van der Waals surface area contributed by atoms with Gasteiger partial charge in [-0.2, -0.15) is 0 Å². The molecule has 1 saturated heterocycles. The molecule has 0 aromatic heterocycles. The lowest BCUT2D eigenvalue weighted by atomic mass is 10.1. The van der Waals surface area contributed by atoms with Gasteiger partial charge in [0.1, 0.15) is 12.8 Å². The molecule has 0 saturated carbocycles. The molecule has 5 heteroatoms. The quantitative estimate of drug-likeness (QED) is 0.493. The Balaban J connectivity index is 2.55. The van der Waals surface area contributed by atoms with Crippen LogP contribution in [0.25, 0.3) is 0 Å². The van der Waals surface area contributed by atoms with Crippen LogP contribution in [0.2, 0.25) is 25.7 Å². The maximum atomic E-state index is 11.9. The molecule has 0 aliphatic carbocycles. The molecule has 0 aromatic carbocycles. The maximum Gasteiger partial charge on any atom is 0.412 e. The van der Waals surface area contributed by atoms with Gasteiger partial charge in [0.2, 0.25) is 0 Å². The number of aliphatic hydroxyl groups is 1. The summed E-state index contributed by atoms with van der Waals surface area (Å²) in [6.07, 6.45) is 2.24. The van der Waals surface area contributed by atoms with Gasteiger partial charge >= 0.3 is 6.09 Å². The minimum Gasteiger partial charge on any atom is -0.445 e. The van der Waals surface area contributed by atoms with E-state index >= 15 is 0 Å². The van der Waals surface area contributed by atoms with Gasteiger partial charge in [-0.05, 0) is 12.8 Å². The predicted octanol–water partition coefficient (Wildman–Crippen LogP) is 2.82. The van der Waals surface area contributed by atoms with E-state index in [0.29, 0.717) is 12.8 Å². The van der Waals surface area contributed by atoms with Crippen LogP contribution in [0.3, 0.4) is 0 Å². The Kier molecular flexibility index (Phi) is 6.31. The number of ether oxygens (including phenoxy) is 1. The van der Waals surface area contributed by atoms with Crippen molar-refractivity contribution >= 4 is 14.2 Å². The van der Waals surface area contributed by atoms with Crippen molar-refractivity contribution in [3.63, 3.8) is 0 Å². The average Bonchev–Trinajstić information content (AvgIpc) is 2.72. The molecule has 1 rings (SSSR count). The minimum atomic E-state index is -1.14. The van der Waals surface area contributed by atoms with Crippen molar-refractivity contribution in [2.24, 2.45) is 0 Å². The van der Waals surface area contributed by atoms with E-state index in [-0.39, 0.29) is 12.6 Å². The van der Waals surface area contributed by atoms with Gasteiger partial charge in [-0.3, -0.25) is 4.90 Å². The number of aliphatic hydroxyl groups excluding tert-OH is 1. The van der Waals surface area contributed by atoms with Gasteiger partial charge in [0.15, 0.2) is 0 Å². The average molecular weight is 295 g/mol. The first-order valence-corrected chi connectivity index (χ1v) is 10.8. The molecular weight excluding hydrogens is 270 g/mol. The number of carbonyl (C=O) groups excluding carboxylic acids is 1. The third kappa shape index (κ3) is 5.39. The van der Waals surface area contributed by atoms with Crippen molar-refractivity contribution in [3.8, 4) is 11.8 Å². The Labute approximate surface area is 122 Å². The monoisotopic (exact) mass is 295 g/mol. The Morgan fingerprint density at radius 3 is 2.75 bits per heavy atom. The lowest BCUT2D eigenvalue weighted by molar-refractivity contribution is 0.0135. The van der Waals surface area contributed by atoms with E-state index in [1.807, 2.05) is 0 Å². The highest BCUT2D eigenvalue weighted by molar-refractivity contribution is 6.76. The first kappa shape index (κ1) is 16.8. The van der Waals surface area contributed by atoms with E-state index in [9.17, 15) is 9.90 Å². The fourth-order valence-corrected chi connectivity index (χ4v) is 2.71. The second-order valence-corrected chi connectivity index (χ2v) is 11.8. The molecule has 0 radical (unpaired) electrons. The van der Waals surface area contributed by atoms with Crippen molar-refractivity contribution in [1.82, 2.24) is 4.90 Å². The summed E-state index contributed by atoms with van der Waals surface area (Å²) in [5.41, 5.74) is 0. The molecule has 1 fully saturated rings. The number of hydrogen-bond donors (Lipinski definition) is 1. The van der Waals surface area contributed by atoms with Gasteiger partial charge in [-0.1, -0.05) is 32.3 Å². The van der Waals surface area contributed by atoms with Crippen LogP contribution in [0.15, 0.2) is 12.7 Å². The predicted molar refractivity (Wildman–Crippen MR) is 83.0 cm³/mol. The van der Waals surface area contributed by atoms with Crippen LogP contribution in [0.1, 0.15) is 19.3 Å². The Hall–Kier alpha value is -1.25. The van der Waals surface area contributed by atoms with Gasteiger partial charge < -0.3 is 9.84 Å². The van der Waals surface area contributed by atoms with E-state index in [0.717, 1.165) is 12.5 Å². The molecule has 1 heterocycles. The van der Waals surface area contributed by atoms with Crippen LogP contribution in [0.4, 0.5) is 4.79 Å². The number of nitrogens with zero attached hydrogens (tertiary/aromatic N) is 1. The lowest BCUT2D eigenvalue weighted by Gasteiger charge is -2.25. The van der Waals surface area contributed by atoms with Crippen molar-refractivity contribution in [3.05, 3.63) is 12.7 Å². The number of amides is 1. The molecular formula is C15H25NO3Si. The Morgan fingerprint density at radius 2 is 2.15 bits per heavy atom. The van der Waals surface area contributed by atoms with Crippen molar-refractivity contribution in [2.45, 2.75) is 57.2 Å². The number of likely N-dealkylation sites (tertiary alicyclic amines) is 1. The molecule has 1 aliphatic rings. The fourth-order valence-electron chi connectivity index (χ4n) is 2.06. The summed E-state index contributed by atoms with van der Waals surface area (Å²) >= 11 is 0. The third-order valence-corrected chi connectivity index (χ3v) is 4.33. The van der Waals surface area contributed by atoms with Crippen LogP contribution in [-0.4, -0.2) is 43.1 Å². The van der Waals surface area contributed by atoms with Crippen LogP contribution in [0, 0.1) is 11.8 Å². The van der Waals surface area contributed by atoms with E-state index < -0.39 is 20.4 Å². The fraction of sp³-hybridized carbons (Fsp3) is 0.667. The molecule has 0 bridgehead atoms. The summed E-state index contributed by atoms with van der Waals surface area (Å²) in [7, 11) is -1.14. The number of carbonyl (C=O) groups is 1. The molecule has 2 atom stereocenters. The summed E-state index contributed by atoms with van der Waals surface area (Å²) in [4.78, 5) is 13.3. The van der Waals surface area contributed by atoms with E-state index in [1.165, 1.54) is 11.0 Å².